The monoisotopic (exact) mass is 290 g/mol. The average Bonchev–Trinajstić information content (AvgIpc) is 2.85. The van der Waals surface area contributed by atoms with Crippen LogP contribution in [0.3, 0.4) is 0 Å². The van der Waals surface area contributed by atoms with Crippen molar-refractivity contribution in [2.45, 2.75) is 51.7 Å². The van der Waals surface area contributed by atoms with Gasteiger partial charge >= 0.3 is 0 Å². The maximum atomic E-state index is 11.9. The highest BCUT2D eigenvalue weighted by molar-refractivity contribution is 5.76. The van der Waals surface area contributed by atoms with Gasteiger partial charge in [-0.15, -0.1) is 0 Å². The number of amides is 1. The molecule has 0 aromatic heterocycles. The van der Waals surface area contributed by atoms with Crippen LogP contribution in [0.15, 0.2) is 24.3 Å². The number of ether oxygens (including phenoxy) is 1. The smallest absolute Gasteiger partial charge is 0.220 e. The van der Waals surface area contributed by atoms with Gasteiger partial charge in [0, 0.05) is 12.5 Å². The first kappa shape index (κ1) is 15.8. The number of aryl methyl sites for hydroxylation is 1. The van der Waals surface area contributed by atoms with Crippen molar-refractivity contribution in [3.63, 3.8) is 0 Å². The summed E-state index contributed by atoms with van der Waals surface area (Å²) in [6, 6.07) is 8.10. The van der Waals surface area contributed by atoms with Crippen LogP contribution in [-0.2, 0) is 4.79 Å². The summed E-state index contributed by atoms with van der Waals surface area (Å²) >= 11 is 0. The van der Waals surface area contributed by atoms with Crippen molar-refractivity contribution < 1.29 is 9.53 Å². The van der Waals surface area contributed by atoms with Gasteiger partial charge < -0.3 is 15.8 Å². The highest BCUT2D eigenvalue weighted by Gasteiger charge is 2.26. The van der Waals surface area contributed by atoms with Crippen molar-refractivity contribution >= 4 is 5.91 Å². The minimum Gasteiger partial charge on any atom is -0.489 e. The Morgan fingerprint density at radius 1 is 1.43 bits per heavy atom. The molecule has 0 spiro atoms. The van der Waals surface area contributed by atoms with Crippen molar-refractivity contribution in [3.05, 3.63) is 29.8 Å². The standard InChI is InChI=1S/C17H26N2O2/c1-12-6-3-4-9-16(12)21-13(2)11-19-17(20)10-14-7-5-8-15(14)18/h3-4,6,9,13-15H,5,7-8,10-11,18H2,1-2H3,(H,19,20)/t13?,14-,15+/m0/s1. The van der Waals surface area contributed by atoms with Crippen LogP contribution in [0.4, 0.5) is 0 Å². The molecule has 116 valence electrons. The van der Waals surface area contributed by atoms with Gasteiger partial charge in [0.05, 0.1) is 6.54 Å². The molecule has 1 aromatic carbocycles. The summed E-state index contributed by atoms with van der Waals surface area (Å²) < 4.78 is 5.85. The molecule has 1 fully saturated rings. The van der Waals surface area contributed by atoms with E-state index < -0.39 is 0 Å². The number of nitrogens with one attached hydrogen (secondary N) is 1. The summed E-state index contributed by atoms with van der Waals surface area (Å²) in [6.45, 7) is 4.51. The van der Waals surface area contributed by atoms with E-state index >= 15 is 0 Å². The molecule has 4 nitrogen and oxygen atoms in total. The van der Waals surface area contributed by atoms with Gasteiger partial charge in [-0.1, -0.05) is 24.6 Å². The minimum atomic E-state index is -0.0488. The SMILES string of the molecule is Cc1ccccc1OC(C)CNC(=O)C[C@@H]1CCC[C@H]1N. The van der Waals surface area contributed by atoms with Gasteiger partial charge in [0.2, 0.25) is 5.91 Å². The third kappa shape index (κ3) is 4.74. The largest absolute Gasteiger partial charge is 0.489 e. The zero-order valence-electron chi connectivity index (χ0n) is 13.0. The molecule has 0 saturated heterocycles. The van der Waals surface area contributed by atoms with Crippen molar-refractivity contribution in [3.8, 4) is 5.75 Å². The van der Waals surface area contributed by atoms with Crippen LogP contribution in [0.5, 0.6) is 5.75 Å². The molecular formula is C17H26N2O2. The normalized spacial score (nSPS) is 22.8. The lowest BCUT2D eigenvalue weighted by Gasteiger charge is -2.18. The summed E-state index contributed by atoms with van der Waals surface area (Å²) in [5.74, 6) is 1.30. The van der Waals surface area contributed by atoms with Crippen LogP contribution in [0.25, 0.3) is 0 Å². The van der Waals surface area contributed by atoms with Gasteiger partial charge in [0.25, 0.3) is 0 Å². The maximum absolute atomic E-state index is 11.9. The highest BCUT2D eigenvalue weighted by atomic mass is 16.5. The molecule has 3 atom stereocenters. The van der Waals surface area contributed by atoms with Gasteiger partial charge in [-0.25, -0.2) is 0 Å². The summed E-state index contributed by atoms with van der Waals surface area (Å²) in [5, 5.41) is 2.95. The minimum absolute atomic E-state index is 0.0488. The number of nitrogens with two attached hydrogens (primary N) is 1. The van der Waals surface area contributed by atoms with E-state index in [2.05, 4.69) is 5.32 Å². The predicted octanol–water partition coefficient (Wildman–Crippen LogP) is 2.40. The van der Waals surface area contributed by atoms with Crippen molar-refractivity contribution in [2.24, 2.45) is 11.7 Å². The van der Waals surface area contributed by atoms with Crippen LogP contribution >= 0.6 is 0 Å². The van der Waals surface area contributed by atoms with Crippen LogP contribution in [0.1, 0.15) is 38.2 Å². The Labute approximate surface area is 127 Å². The van der Waals surface area contributed by atoms with Gasteiger partial charge in [-0.05, 0) is 44.2 Å². The third-order valence-electron chi connectivity index (χ3n) is 4.17. The average molecular weight is 290 g/mol. The Bertz CT molecular complexity index is 476. The molecule has 1 aliphatic rings. The fourth-order valence-electron chi connectivity index (χ4n) is 2.83. The molecule has 0 heterocycles. The van der Waals surface area contributed by atoms with Crippen LogP contribution in [0, 0.1) is 12.8 Å². The molecule has 4 heteroatoms. The molecule has 0 radical (unpaired) electrons. The van der Waals surface area contributed by atoms with E-state index in [0.29, 0.717) is 18.9 Å². The highest BCUT2D eigenvalue weighted by Crippen LogP contribution is 2.26. The molecule has 0 aliphatic heterocycles. The quantitative estimate of drug-likeness (QED) is 0.845. The summed E-state index contributed by atoms with van der Waals surface area (Å²) in [4.78, 5) is 11.9. The van der Waals surface area contributed by atoms with Gasteiger partial charge in [0.15, 0.2) is 0 Å². The van der Waals surface area contributed by atoms with Gasteiger partial charge in [-0.2, -0.15) is 0 Å². The first-order chi connectivity index (χ1) is 10.1. The Balaban J connectivity index is 1.72. The second-order valence-corrected chi connectivity index (χ2v) is 6.06. The zero-order valence-corrected chi connectivity index (χ0v) is 13.0. The molecule has 1 unspecified atom stereocenters. The number of para-hydroxylation sites is 1. The molecule has 1 aromatic rings. The Morgan fingerprint density at radius 2 is 2.19 bits per heavy atom. The lowest BCUT2D eigenvalue weighted by Crippen LogP contribution is -2.36. The fourth-order valence-corrected chi connectivity index (χ4v) is 2.83. The second-order valence-electron chi connectivity index (χ2n) is 6.06. The summed E-state index contributed by atoms with van der Waals surface area (Å²) in [6.07, 6.45) is 3.76. The van der Waals surface area contributed by atoms with Crippen molar-refractivity contribution in [1.82, 2.24) is 5.32 Å². The molecule has 1 saturated carbocycles. The van der Waals surface area contributed by atoms with Gasteiger partial charge in [0.1, 0.15) is 11.9 Å². The molecular weight excluding hydrogens is 264 g/mol. The first-order valence-corrected chi connectivity index (χ1v) is 7.81. The van der Waals surface area contributed by atoms with Crippen LogP contribution in [-0.4, -0.2) is 24.6 Å². The second kappa shape index (κ2) is 7.46. The predicted molar refractivity (Wildman–Crippen MR) is 84.2 cm³/mol. The number of rotatable bonds is 6. The van der Waals surface area contributed by atoms with Crippen molar-refractivity contribution in [2.75, 3.05) is 6.54 Å². The molecule has 21 heavy (non-hydrogen) atoms. The summed E-state index contributed by atoms with van der Waals surface area (Å²) in [7, 11) is 0. The van der Waals surface area contributed by atoms with E-state index in [0.717, 1.165) is 30.6 Å². The van der Waals surface area contributed by atoms with Crippen LogP contribution in [0.2, 0.25) is 0 Å². The van der Waals surface area contributed by atoms with Crippen LogP contribution < -0.4 is 15.8 Å². The van der Waals surface area contributed by atoms with E-state index in [4.69, 9.17) is 10.5 Å². The Morgan fingerprint density at radius 3 is 2.86 bits per heavy atom. The topological polar surface area (TPSA) is 64.3 Å². The van der Waals surface area contributed by atoms with E-state index in [1.54, 1.807) is 0 Å². The first-order valence-electron chi connectivity index (χ1n) is 7.81. The number of carbonyl (C=O) groups is 1. The lowest BCUT2D eigenvalue weighted by atomic mass is 10.00. The number of carbonyl (C=O) groups excluding carboxylic acids is 1. The van der Waals surface area contributed by atoms with Crippen molar-refractivity contribution in [1.29, 1.82) is 0 Å². The molecule has 1 aliphatic carbocycles. The van der Waals surface area contributed by atoms with E-state index in [-0.39, 0.29) is 18.1 Å². The number of hydrogen-bond donors (Lipinski definition) is 2. The third-order valence-corrected chi connectivity index (χ3v) is 4.17. The lowest BCUT2D eigenvalue weighted by molar-refractivity contribution is -0.122. The fraction of sp³-hybridized carbons (Fsp3) is 0.588. The van der Waals surface area contributed by atoms with E-state index in [9.17, 15) is 4.79 Å². The Hall–Kier alpha value is -1.55. The number of benzene rings is 1. The molecule has 2 rings (SSSR count). The zero-order chi connectivity index (χ0) is 15.2. The number of hydrogen-bond acceptors (Lipinski definition) is 3. The molecule has 0 bridgehead atoms. The van der Waals surface area contributed by atoms with E-state index in [1.807, 2.05) is 38.1 Å². The Kier molecular flexibility index (Phi) is 5.62. The van der Waals surface area contributed by atoms with E-state index in [1.165, 1.54) is 0 Å². The molecule has 1 amide bonds. The summed E-state index contributed by atoms with van der Waals surface area (Å²) in [5.41, 5.74) is 7.10. The molecule has 3 N–H and O–H groups in total. The maximum Gasteiger partial charge on any atom is 0.220 e. The van der Waals surface area contributed by atoms with Gasteiger partial charge in [-0.3, -0.25) is 4.79 Å².